The van der Waals surface area contributed by atoms with Crippen molar-refractivity contribution in [2.45, 2.75) is 39.5 Å². The lowest BCUT2D eigenvalue weighted by molar-refractivity contribution is -0.110. The van der Waals surface area contributed by atoms with Gasteiger partial charge < -0.3 is 0 Å². The summed E-state index contributed by atoms with van der Waals surface area (Å²) in [5, 5.41) is 0. The van der Waals surface area contributed by atoms with E-state index < -0.39 is 0 Å². The average molecular weight is 318 g/mol. The van der Waals surface area contributed by atoms with Crippen LogP contribution in [0.3, 0.4) is 0 Å². The monoisotopic (exact) mass is 318 g/mol. The summed E-state index contributed by atoms with van der Waals surface area (Å²) in [5.41, 5.74) is 4.50. The van der Waals surface area contributed by atoms with Crippen molar-refractivity contribution in [3.8, 4) is 0 Å². The quantitative estimate of drug-likeness (QED) is 0.520. The Hall–Kier alpha value is -2.41. The number of allylic oxidation sites excluding steroid dienone is 4. The minimum Gasteiger partial charge on any atom is -0.290 e. The van der Waals surface area contributed by atoms with Crippen LogP contribution < -0.4 is 0 Å². The summed E-state index contributed by atoms with van der Waals surface area (Å²) in [4.78, 5) is 12.6. The number of rotatable bonds is 8. The first-order valence-corrected chi connectivity index (χ1v) is 8.80. The Balaban J connectivity index is 2.30. The predicted molar refractivity (Wildman–Crippen MR) is 104 cm³/mol. The van der Waals surface area contributed by atoms with Crippen LogP contribution in [0.2, 0.25) is 0 Å². The third-order valence-corrected chi connectivity index (χ3v) is 3.96. The number of hydrogen-bond donors (Lipinski definition) is 0. The van der Waals surface area contributed by atoms with Crippen molar-refractivity contribution in [3.63, 3.8) is 0 Å². The molecule has 0 aliphatic carbocycles. The van der Waals surface area contributed by atoms with Gasteiger partial charge in [-0.3, -0.25) is 4.79 Å². The Bertz CT molecular complexity index is 632. The standard InChI is InChI=1S/C23H26O/c1-3-11-21(19-13-7-5-8-14-19)17-23(24)18-22(12-4-2)20-15-9-6-10-16-20/h5-10,13-18H,3-4,11-12H2,1-2H3. The van der Waals surface area contributed by atoms with E-state index in [0.29, 0.717) is 0 Å². The predicted octanol–water partition coefficient (Wildman–Crippen LogP) is 6.32. The van der Waals surface area contributed by atoms with Crippen LogP contribution in [0, 0.1) is 0 Å². The molecule has 0 unspecified atom stereocenters. The van der Waals surface area contributed by atoms with Crippen LogP contribution in [0.15, 0.2) is 72.8 Å². The molecule has 0 amide bonds. The van der Waals surface area contributed by atoms with E-state index in [0.717, 1.165) is 48.0 Å². The summed E-state index contributed by atoms with van der Waals surface area (Å²) in [6.45, 7) is 4.28. The van der Waals surface area contributed by atoms with E-state index in [1.165, 1.54) is 0 Å². The molecule has 0 spiro atoms. The molecule has 0 saturated carbocycles. The van der Waals surface area contributed by atoms with Gasteiger partial charge in [-0.1, -0.05) is 87.4 Å². The third-order valence-electron chi connectivity index (χ3n) is 3.96. The van der Waals surface area contributed by atoms with Gasteiger partial charge >= 0.3 is 0 Å². The van der Waals surface area contributed by atoms with E-state index >= 15 is 0 Å². The van der Waals surface area contributed by atoms with Gasteiger partial charge in [0.2, 0.25) is 0 Å². The van der Waals surface area contributed by atoms with Crippen LogP contribution in [-0.2, 0) is 4.79 Å². The molecule has 0 N–H and O–H groups in total. The summed E-state index contributed by atoms with van der Waals surface area (Å²) in [7, 11) is 0. The van der Waals surface area contributed by atoms with Crippen molar-refractivity contribution < 1.29 is 4.79 Å². The molecule has 0 fully saturated rings. The zero-order chi connectivity index (χ0) is 17.2. The summed E-state index contributed by atoms with van der Waals surface area (Å²) in [6.07, 6.45) is 7.49. The minimum absolute atomic E-state index is 0.0783. The molecule has 1 heteroatoms. The maximum Gasteiger partial charge on any atom is 0.179 e. The van der Waals surface area contributed by atoms with E-state index in [1.54, 1.807) is 12.2 Å². The summed E-state index contributed by atoms with van der Waals surface area (Å²) in [5.74, 6) is 0.0783. The molecular weight excluding hydrogens is 292 g/mol. The molecule has 0 bridgehead atoms. The lowest BCUT2D eigenvalue weighted by Gasteiger charge is -2.07. The van der Waals surface area contributed by atoms with Gasteiger partial charge in [0.05, 0.1) is 0 Å². The summed E-state index contributed by atoms with van der Waals surface area (Å²) in [6, 6.07) is 20.4. The molecule has 0 saturated heterocycles. The highest BCUT2D eigenvalue weighted by atomic mass is 16.1. The lowest BCUT2D eigenvalue weighted by Crippen LogP contribution is -1.95. The average Bonchev–Trinajstić information content (AvgIpc) is 2.62. The molecule has 2 aromatic rings. The smallest absolute Gasteiger partial charge is 0.179 e. The third kappa shape index (κ3) is 5.34. The molecule has 24 heavy (non-hydrogen) atoms. The highest BCUT2D eigenvalue weighted by Gasteiger charge is 2.06. The molecule has 124 valence electrons. The van der Waals surface area contributed by atoms with Crippen molar-refractivity contribution in [2.24, 2.45) is 0 Å². The Morgan fingerprint density at radius 1 is 0.708 bits per heavy atom. The van der Waals surface area contributed by atoms with Gasteiger partial charge in [0, 0.05) is 0 Å². The lowest BCUT2D eigenvalue weighted by atomic mass is 9.97. The normalized spacial score (nSPS) is 12.2. The van der Waals surface area contributed by atoms with Gasteiger partial charge in [-0.2, -0.15) is 0 Å². The van der Waals surface area contributed by atoms with E-state index in [1.807, 2.05) is 36.4 Å². The maximum absolute atomic E-state index is 12.6. The van der Waals surface area contributed by atoms with Crippen molar-refractivity contribution >= 4 is 16.9 Å². The number of carbonyl (C=O) groups excluding carboxylic acids is 1. The Kier molecular flexibility index (Phi) is 7.22. The van der Waals surface area contributed by atoms with E-state index in [-0.39, 0.29) is 5.78 Å². The minimum atomic E-state index is 0.0783. The molecule has 2 aromatic carbocycles. The number of ketones is 1. The second kappa shape index (κ2) is 9.67. The van der Waals surface area contributed by atoms with Crippen LogP contribution in [0.4, 0.5) is 0 Å². The summed E-state index contributed by atoms with van der Waals surface area (Å²) < 4.78 is 0. The number of hydrogen-bond acceptors (Lipinski definition) is 1. The van der Waals surface area contributed by atoms with Crippen molar-refractivity contribution in [2.75, 3.05) is 0 Å². The van der Waals surface area contributed by atoms with Crippen molar-refractivity contribution in [1.82, 2.24) is 0 Å². The van der Waals surface area contributed by atoms with Crippen molar-refractivity contribution in [3.05, 3.63) is 83.9 Å². The highest BCUT2D eigenvalue weighted by Crippen LogP contribution is 2.22. The molecular formula is C23H26O. The van der Waals surface area contributed by atoms with Crippen LogP contribution in [0.5, 0.6) is 0 Å². The van der Waals surface area contributed by atoms with Crippen molar-refractivity contribution in [1.29, 1.82) is 0 Å². The van der Waals surface area contributed by atoms with Crippen LogP contribution in [0.25, 0.3) is 11.1 Å². The molecule has 0 aliphatic rings. The summed E-state index contributed by atoms with van der Waals surface area (Å²) >= 11 is 0. The molecule has 0 aromatic heterocycles. The molecule has 0 radical (unpaired) electrons. The molecule has 0 atom stereocenters. The van der Waals surface area contributed by atoms with Crippen LogP contribution in [-0.4, -0.2) is 5.78 Å². The van der Waals surface area contributed by atoms with E-state index in [2.05, 4.69) is 38.1 Å². The van der Waals surface area contributed by atoms with E-state index in [9.17, 15) is 4.79 Å². The van der Waals surface area contributed by atoms with Gasteiger partial charge in [-0.25, -0.2) is 0 Å². The zero-order valence-electron chi connectivity index (χ0n) is 14.7. The van der Waals surface area contributed by atoms with Crippen LogP contribution >= 0.6 is 0 Å². The van der Waals surface area contributed by atoms with Gasteiger partial charge in [-0.05, 0) is 47.3 Å². The van der Waals surface area contributed by atoms with Gasteiger partial charge in [-0.15, -0.1) is 0 Å². The number of carbonyl (C=O) groups is 1. The Morgan fingerprint density at radius 3 is 1.42 bits per heavy atom. The Morgan fingerprint density at radius 2 is 1.08 bits per heavy atom. The molecule has 2 rings (SSSR count). The molecule has 0 heterocycles. The van der Waals surface area contributed by atoms with Crippen LogP contribution in [0.1, 0.15) is 50.7 Å². The first-order valence-electron chi connectivity index (χ1n) is 8.80. The van der Waals surface area contributed by atoms with E-state index in [4.69, 9.17) is 0 Å². The first-order chi connectivity index (χ1) is 11.7. The van der Waals surface area contributed by atoms with Gasteiger partial charge in [0.25, 0.3) is 0 Å². The fourth-order valence-corrected chi connectivity index (χ4v) is 2.83. The largest absolute Gasteiger partial charge is 0.290 e. The number of benzene rings is 2. The first kappa shape index (κ1) is 17.9. The van der Waals surface area contributed by atoms with Gasteiger partial charge in [0.1, 0.15) is 0 Å². The topological polar surface area (TPSA) is 17.1 Å². The highest BCUT2D eigenvalue weighted by molar-refractivity contribution is 6.08. The molecule has 1 nitrogen and oxygen atoms in total. The fraction of sp³-hybridized carbons (Fsp3) is 0.261. The maximum atomic E-state index is 12.6. The van der Waals surface area contributed by atoms with Gasteiger partial charge in [0.15, 0.2) is 5.78 Å². The second-order valence-electron chi connectivity index (χ2n) is 5.97. The molecule has 0 aliphatic heterocycles. The Labute approximate surface area is 145 Å². The fourth-order valence-electron chi connectivity index (χ4n) is 2.83. The SMILES string of the molecule is CCCC(=CC(=O)C=C(CCC)c1ccccc1)c1ccccc1. The zero-order valence-corrected chi connectivity index (χ0v) is 14.7. The second-order valence-corrected chi connectivity index (χ2v) is 5.97.